The molecule has 0 saturated heterocycles. The van der Waals surface area contributed by atoms with Crippen molar-refractivity contribution in [2.24, 2.45) is 23.5 Å². The number of hydrogen-bond acceptors (Lipinski definition) is 4. The molecule has 2 atom stereocenters. The van der Waals surface area contributed by atoms with Gasteiger partial charge in [-0.15, -0.1) is 23.7 Å². The molecular weight excluding hydrogens is 318 g/mol. The first-order valence-corrected chi connectivity index (χ1v) is 8.97. The van der Waals surface area contributed by atoms with Crippen LogP contribution in [0.2, 0.25) is 0 Å². The highest BCUT2D eigenvalue weighted by atomic mass is 35.5. The maximum Gasteiger partial charge on any atom is 0.231 e. The maximum atomic E-state index is 12.9. The number of aromatic nitrogens is 1. The fraction of sp³-hybridized carbons (Fsp3) is 0.750. The first kappa shape index (κ1) is 17.7. The van der Waals surface area contributed by atoms with Gasteiger partial charge >= 0.3 is 0 Å². The number of amides is 1. The average Bonchev–Trinajstić information content (AvgIpc) is 2.85. The number of nitrogens with zero attached hydrogens (tertiary/aromatic N) is 2. The van der Waals surface area contributed by atoms with E-state index in [2.05, 4.69) is 4.98 Å². The average molecular weight is 344 g/mol. The van der Waals surface area contributed by atoms with Crippen LogP contribution in [0.15, 0.2) is 5.38 Å². The molecule has 1 heterocycles. The molecule has 2 fully saturated rings. The van der Waals surface area contributed by atoms with Gasteiger partial charge in [0.05, 0.1) is 5.69 Å². The van der Waals surface area contributed by atoms with E-state index in [9.17, 15) is 4.79 Å². The predicted octanol–water partition coefficient (Wildman–Crippen LogP) is 3.38. The molecule has 1 aromatic heterocycles. The van der Waals surface area contributed by atoms with Gasteiger partial charge in [-0.1, -0.05) is 6.42 Å². The minimum Gasteiger partial charge on any atom is -0.327 e. The molecule has 2 saturated carbocycles. The van der Waals surface area contributed by atoms with Crippen molar-refractivity contribution in [3.8, 4) is 0 Å². The van der Waals surface area contributed by atoms with Crippen LogP contribution in [0.1, 0.15) is 44.7 Å². The van der Waals surface area contributed by atoms with Gasteiger partial charge in [-0.25, -0.2) is 4.98 Å². The SMILES string of the molecule is CCN(C(=O)C1CC2CCCC(C1)C2N)c1nc(C)cs1.Cl. The zero-order valence-electron chi connectivity index (χ0n) is 13.3. The molecule has 1 aromatic rings. The number of thiazole rings is 1. The number of halogens is 1. The van der Waals surface area contributed by atoms with E-state index in [0.29, 0.717) is 24.4 Å². The molecule has 0 radical (unpaired) electrons. The van der Waals surface area contributed by atoms with E-state index in [4.69, 9.17) is 5.73 Å². The predicted molar refractivity (Wildman–Crippen MR) is 93.7 cm³/mol. The molecule has 2 N–H and O–H groups in total. The normalized spacial score (nSPS) is 30.5. The summed E-state index contributed by atoms with van der Waals surface area (Å²) < 4.78 is 0. The van der Waals surface area contributed by atoms with Gasteiger partial charge in [0.25, 0.3) is 0 Å². The summed E-state index contributed by atoms with van der Waals surface area (Å²) in [5.41, 5.74) is 7.32. The third-order valence-electron chi connectivity index (χ3n) is 5.18. The number of aryl methyl sites for hydroxylation is 1. The van der Waals surface area contributed by atoms with Crippen molar-refractivity contribution in [1.82, 2.24) is 4.98 Å². The quantitative estimate of drug-likeness (QED) is 0.915. The monoisotopic (exact) mass is 343 g/mol. The second-order valence-corrected chi connectivity index (χ2v) is 7.39. The molecule has 1 amide bonds. The van der Waals surface area contributed by atoms with Crippen molar-refractivity contribution in [2.75, 3.05) is 11.4 Å². The van der Waals surface area contributed by atoms with E-state index in [1.54, 1.807) is 11.3 Å². The number of carbonyl (C=O) groups excluding carboxylic acids is 1. The van der Waals surface area contributed by atoms with E-state index in [1.807, 2.05) is 24.1 Å². The number of hydrogen-bond donors (Lipinski definition) is 1. The zero-order chi connectivity index (χ0) is 15.0. The largest absolute Gasteiger partial charge is 0.327 e. The molecule has 2 unspecified atom stereocenters. The number of fused-ring (bicyclic) bond motifs is 2. The summed E-state index contributed by atoms with van der Waals surface area (Å²) in [6.45, 7) is 4.70. The Morgan fingerprint density at radius 3 is 2.55 bits per heavy atom. The first-order chi connectivity index (χ1) is 10.1. The van der Waals surface area contributed by atoms with Crippen LogP contribution in [0.25, 0.3) is 0 Å². The molecule has 0 spiro atoms. The van der Waals surface area contributed by atoms with Crippen LogP contribution in [-0.2, 0) is 4.79 Å². The smallest absolute Gasteiger partial charge is 0.231 e. The van der Waals surface area contributed by atoms with Gasteiger partial charge in [0, 0.05) is 23.9 Å². The van der Waals surface area contributed by atoms with Crippen molar-refractivity contribution in [3.05, 3.63) is 11.1 Å². The fourth-order valence-electron chi connectivity index (χ4n) is 4.06. The Kier molecular flexibility index (Phi) is 5.86. The molecule has 4 nitrogen and oxygen atoms in total. The van der Waals surface area contributed by atoms with Gasteiger partial charge in [-0.05, 0) is 51.4 Å². The molecular formula is C16H26ClN3OS. The number of anilines is 1. The van der Waals surface area contributed by atoms with Crippen LogP contribution in [0.4, 0.5) is 5.13 Å². The lowest BCUT2D eigenvalue weighted by Crippen LogP contribution is -2.49. The molecule has 2 bridgehead atoms. The van der Waals surface area contributed by atoms with Crippen molar-refractivity contribution in [1.29, 1.82) is 0 Å². The zero-order valence-corrected chi connectivity index (χ0v) is 15.0. The molecule has 0 aliphatic heterocycles. The summed E-state index contributed by atoms with van der Waals surface area (Å²) in [5, 5.41) is 2.86. The second-order valence-electron chi connectivity index (χ2n) is 6.55. The lowest BCUT2D eigenvalue weighted by Gasteiger charge is -2.44. The lowest BCUT2D eigenvalue weighted by molar-refractivity contribution is -0.125. The maximum absolute atomic E-state index is 12.9. The number of carbonyl (C=O) groups is 1. The number of nitrogens with two attached hydrogens (primary N) is 1. The minimum absolute atomic E-state index is 0. The van der Waals surface area contributed by atoms with Gasteiger partial charge in [0.1, 0.15) is 0 Å². The summed E-state index contributed by atoms with van der Waals surface area (Å²) in [5.74, 6) is 1.49. The van der Waals surface area contributed by atoms with Gasteiger partial charge in [0.2, 0.25) is 5.91 Å². The molecule has 6 heteroatoms. The van der Waals surface area contributed by atoms with Crippen LogP contribution < -0.4 is 10.6 Å². The van der Waals surface area contributed by atoms with Crippen molar-refractivity contribution >= 4 is 34.8 Å². The summed E-state index contributed by atoms with van der Waals surface area (Å²) in [6.07, 6.45) is 5.62. The van der Waals surface area contributed by atoms with Gasteiger partial charge in [-0.3, -0.25) is 9.69 Å². The molecule has 124 valence electrons. The number of rotatable bonds is 3. The molecule has 0 aromatic carbocycles. The topological polar surface area (TPSA) is 59.2 Å². The van der Waals surface area contributed by atoms with Crippen molar-refractivity contribution in [3.63, 3.8) is 0 Å². The summed E-state index contributed by atoms with van der Waals surface area (Å²) >= 11 is 1.57. The molecule has 2 aliphatic rings. The fourth-order valence-corrected chi connectivity index (χ4v) is 4.93. The molecule has 22 heavy (non-hydrogen) atoms. The summed E-state index contributed by atoms with van der Waals surface area (Å²) in [7, 11) is 0. The Hall–Kier alpha value is -0.650. The van der Waals surface area contributed by atoms with Crippen LogP contribution in [0, 0.1) is 24.7 Å². The third kappa shape index (κ3) is 3.31. The van der Waals surface area contributed by atoms with Crippen LogP contribution >= 0.6 is 23.7 Å². The highest BCUT2D eigenvalue weighted by Gasteiger charge is 2.41. The summed E-state index contributed by atoms with van der Waals surface area (Å²) in [6, 6.07) is 0.319. The third-order valence-corrected chi connectivity index (χ3v) is 6.16. The van der Waals surface area contributed by atoms with E-state index >= 15 is 0 Å². The molecule has 3 rings (SSSR count). The minimum atomic E-state index is 0. The van der Waals surface area contributed by atoms with E-state index in [0.717, 1.165) is 23.7 Å². The first-order valence-electron chi connectivity index (χ1n) is 8.09. The Bertz CT molecular complexity index is 507. The van der Waals surface area contributed by atoms with E-state index in [1.165, 1.54) is 19.3 Å². The van der Waals surface area contributed by atoms with Crippen molar-refractivity contribution in [2.45, 2.75) is 52.0 Å². The van der Waals surface area contributed by atoms with Crippen molar-refractivity contribution < 1.29 is 4.79 Å². The Morgan fingerprint density at radius 2 is 2.05 bits per heavy atom. The standard InChI is InChI=1S/C16H25N3OS.ClH/c1-3-19(16-18-10(2)9-21-16)15(20)13-7-11-5-4-6-12(8-13)14(11)17;/h9,11-14H,3-8,17H2,1-2H3;1H. The van der Waals surface area contributed by atoms with Gasteiger partial charge in [0.15, 0.2) is 5.13 Å². The Morgan fingerprint density at radius 1 is 1.41 bits per heavy atom. The van der Waals surface area contributed by atoms with E-state index < -0.39 is 0 Å². The summed E-state index contributed by atoms with van der Waals surface area (Å²) in [4.78, 5) is 19.3. The van der Waals surface area contributed by atoms with Crippen LogP contribution in [0.5, 0.6) is 0 Å². The highest BCUT2D eigenvalue weighted by molar-refractivity contribution is 7.14. The Labute approximate surface area is 142 Å². The highest BCUT2D eigenvalue weighted by Crippen LogP contribution is 2.42. The second kappa shape index (κ2) is 7.28. The van der Waals surface area contributed by atoms with Gasteiger partial charge in [-0.2, -0.15) is 0 Å². The van der Waals surface area contributed by atoms with Crippen LogP contribution in [-0.4, -0.2) is 23.5 Å². The lowest BCUT2D eigenvalue weighted by atomic mass is 9.65. The molecule has 2 aliphatic carbocycles. The van der Waals surface area contributed by atoms with Gasteiger partial charge < -0.3 is 5.73 Å². The van der Waals surface area contributed by atoms with Crippen LogP contribution in [0.3, 0.4) is 0 Å². The Balaban J connectivity index is 0.00000176. The van der Waals surface area contributed by atoms with E-state index in [-0.39, 0.29) is 24.2 Å².